The summed E-state index contributed by atoms with van der Waals surface area (Å²) in [7, 11) is -3.33. The van der Waals surface area contributed by atoms with Gasteiger partial charge in [0.1, 0.15) is 0 Å². The molecule has 6 heteroatoms. The van der Waals surface area contributed by atoms with E-state index in [-0.39, 0.29) is 0 Å². The Morgan fingerprint density at radius 2 is 1.94 bits per heavy atom. The normalized spacial score (nSPS) is 22.2. The summed E-state index contributed by atoms with van der Waals surface area (Å²) < 4.78 is 28.4. The summed E-state index contributed by atoms with van der Waals surface area (Å²) in [6.07, 6.45) is 3.31. The van der Waals surface area contributed by atoms with Gasteiger partial charge in [0.2, 0.25) is 0 Å². The Morgan fingerprint density at radius 3 is 2.38 bits per heavy atom. The first kappa shape index (κ1) is 14.2. The van der Waals surface area contributed by atoms with Crippen LogP contribution in [0.3, 0.4) is 0 Å². The fourth-order valence-electron chi connectivity index (χ4n) is 1.81. The molecule has 0 bridgehead atoms. The monoisotopic (exact) mass is 268 g/mol. The van der Waals surface area contributed by atoms with Gasteiger partial charge in [-0.3, -0.25) is 0 Å². The van der Waals surface area contributed by atoms with Gasteiger partial charge in [0.05, 0.1) is 0 Å². The lowest BCUT2D eigenvalue weighted by Crippen LogP contribution is -2.51. The van der Waals surface area contributed by atoms with E-state index in [1.165, 1.54) is 4.31 Å². The number of hydrogen-bond donors (Lipinski definition) is 1. The summed E-state index contributed by atoms with van der Waals surface area (Å²) in [6, 6.07) is 0. The van der Waals surface area contributed by atoms with Crippen LogP contribution in [0.25, 0.3) is 0 Å². The number of hydrogen-bond acceptors (Lipinski definition) is 2. The summed E-state index contributed by atoms with van der Waals surface area (Å²) in [5.41, 5.74) is -0.427. The van der Waals surface area contributed by atoms with Crippen LogP contribution >= 0.6 is 11.6 Å². The Labute approximate surface area is 104 Å². The van der Waals surface area contributed by atoms with Crippen LogP contribution in [0.2, 0.25) is 0 Å². The number of rotatable bonds is 6. The summed E-state index contributed by atoms with van der Waals surface area (Å²) >= 11 is 5.70. The Balaban J connectivity index is 2.69. The first-order valence-electron chi connectivity index (χ1n) is 5.78. The van der Waals surface area contributed by atoms with Crippen molar-refractivity contribution in [3.63, 3.8) is 0 Å². The summed E-state index contributed by atoms with van der Waals surface area (Å²) in [6.45, 7) is 5.15. The molecule has 1 rings (SSSR count). The molecule has 0 amide bonds. The van der Waals surface area contributed by atoms with Gasteiger partial charge in [-0.15, -0.1) is 11.6 Å². The van der Waals surface area contributed by atoms with Crippen molar-refractivity contribution in [2.24, 2.45) is 0 Å². The van der Waals surface area contributed by atoms with Crippen molar-refractivity contribution in [2.45, 2.75) is 45.1 Å². The van der Waals surface area contributed by atoms with Gasteiger partial charge in [-0.2, -0.15) is 17.4 Å². The molecule has 16 heavy (non-hydrogen) atoms. The minimum atomic E-state index is -3.33. The molecule has 4 nitrogen and oxygen atoms in total. The maximum Gasteiger partial charge on any atom is 0.279 e. The Hall–Kier alpha value is 0.160. The topological polar surface area (TPSA) is 49.4 Å². The number of halogens is 1. The Bertz CT molecular complexity index is 315. The van der Waals surface area contributed by atoms with Gasteiger partial charge in [-0.05, 0) is 32.6 Å². The van der Waals surface area contributed by atoms with E-state index < -0.39 is 15.7 Å². The quantitative estimate of drug-likeness (QED) is 0.746. The van der Waals surface area contributed by atoms with Crippen LogP contribution in [0.5, 0.6) is 0 Å². The van der Waals surface area contributed by atoms with Crippen molar-refractivity contribution >= 4 is 21.8 Å². The zero-order valence-electron chi connectivity index (χ0n) is 10.00. The minimum Gasteiger partial charge on any atom is -0.196 e. The van der Waals surface area contributed by atoms with Crippen LogP contribution in [-0.2, 0) is 10.2 Å². The van der Waals surface area contributed by atoms with Crippen LogP contribution in [0.1, 0.15) is 39.5 Å². The molecule has 1 aliphatic rings. The van der Waals surface area contributed by atoms with E-state index in [0.29, 0.717) is 25.4 Å². The van der Waals surface area contributed by atoms with Gasteiger partial charge in [0, 0.05) is 24.5 Å². The van der Waals surface area contributed by atoms with Crippen LogP contribution in [0.15, 0.2) is 0 Å². The zero-order chi connectivity index (χ0) is 12.2. The highest BCUT2D eigenvalue weighted by Gasteiger charge is 2.32. The summed E-state index contributed by atoms with van der Waals surface area (Å²) in [5.74, 6) is 0.465. The molecule has 1 atom stereocenters. The predicted octanol–water partition coefficient (Wildman–Crippen LogP) is 1.71. The van der Waals surface area contributed by atoms with E-state index in [1.54, 1.807) is 0 Å². The molecule has 1 heterocycles. The van der Waals surface area contributed by atoms with Crippen LogP contribution < -0.4 is 4.72 Å². The maximum atomic E-state index is 12.1. The molecule has 96 valence electrons. The highest BCUT2D eigenvalue weighted by Crippen LogP contribution is 2.19. The van der Waals surface area contributed by atoms with E-state index in [0.717, 1.165) is 19.3 Å². The molecule has 0 aromatic heterocycles. The molecule has 0 aliphatic carbocycles. The van der Waals surface area contributed by atoms with E-state index >= 15 is 0 Å². The zero-order valence-corrected chi connectivity index (χ0v) is 11.6. The first-order chi connectivity index (χ1) is 7.43. The van der Waals surface area contributed by atoms with Crippen LogP contribution in [0, 0.1) is 0 Å². The number of nitrogens with zero attached hydrogens (tertiary/aromatic N) is 1. The molecule has 1 fully saturated rings. The minimum absolute atomic E-state index is 0.427. The molecule has 0 aromatic rings. The van der Waals surface area contributed by atoms with Crippen molar-refractivity contribution in [3.05, 3.63) is 0 Å². The fourth-order valence-corrected chi connectivity index (χ4v) is 3.97. The van der Waals surface area contributed by atoms with Crippen molar-refractivity contribution in [1.29, 1.82) is 0 Å². The second-order valence-corrected chi connectivity index (χ2v) is 6.62. The number of alkyl halides is 1. The molecule has 1 unspecified atom stereocenters. The largest absolute Gasteiger partial charge is 0.279 e. The highest BCUT2D eigenvalue weighted by molar-refractivity contribution is 7.87. The average Bonchev–Trinajstić information content (AvgIpc) is 2.70. The van der Waals surface area contributed by atoms with Crippen molar-refractivity contribution in [1.82, 2.24) is 9.03 Å². The molecule has 0 saturated carbocycles. The molecule has 0 aromatic carbocycles. The van der Waals surface area contributed by atoms with Crippen molar-refractivity contribution in [2.75, 3.05) is 19.0 Å². The lowest BCUT2D eigenvalue weighted by molar-refractivity contribution is 0.368. The predicted molar refractivity (Wildman–Crippen MR) is 66.9 cm³/mol. The van der Waals surface area contributed by atoms with Crippen LogP contribution in [-0.4, -0.2) is 37.2 Å². The molecule has 0 spiro atoms. The lowest BCUT2D eigenvalue weighted by atomic mass is 9.97. The van der Waals surface area contributed by atoms with E-state index in [1.807, 2.05) is 13.8 Å². The van der Waals surface area contributed by atoms with Crippen molar-refractivity contribution < 1.29 is 8.42 Å². The van der Waals surface area contributed by atoms with E-state index in [9.17, 15) is 8.42 Å². The van der Waals surface area contributed by atoms with Gasteiger partial charge in [-0.1, -0.05) is 6.92 Å². The molecule has 1 N–H and O–H groups in total. The van der Waals surface area contributed by atoms with Gasteiger partial charge >= 0.3 is 0 Å². The van der Waals surface area contributed by atoms with Crippen molar-refractivity contribution in [3.8, 4) is 0 Å². The standard InChI is InChI=1S/C10H21ClN2O2S/c1-3-10(2,6-7-11)12-16(14,15)13-8-4-5-9-13/h12H,3-9H2,1-2H3. The van der Waals surface area contributed by atoms with Gasteiger partial charge in [0.25, 0.3) is 10.2 Å². The molecular weight excluding hydrogens is 248 g/mol. The van der Waals surface area contributed by atoms with Gasteiger partial charge in [0.15, 0.2) is 0 Å². The second-order valence-electron chi connectivity index (χ2n) is 4.57. The summed E-state index contributed by atoms with van der Waals surface area (Å²) in [4.78, 5) is 0. The Morgan fingerprint density at radius 1 is 1.38 bits per heavy atom. The highest BCUT2D eigenvalue weighted by atomic mass is 35.5. The number of nitrogens with one attached hydrogen (secondary N) is 1. The second kappa shape index (κ2) is 5.67. The maximum absolute atomic E-state index is 12.1. The summed E-state index contributed by atoms with van der Waals surface area (Å²) in [5, 5.41) is 0. The first-order valence-corrected chi connectivity index (χ1v) is 7.76. The van der Waals surface area contributed by atoms with Crippen LogP contribution in [0.4, 0.5) is 0 Å². The molecule has 0 radical (unpaired) electrons. The SMILES string of the molecule is CCC(C)(CCCl)NS(=O)(=O)N1CCCC1. The van der Waals surface area contributed by atoms with Gasteiger partial charge in [-0.25, -0.2) is 0 Å². The smallest absolute Gasteiger partial charge is 0.196 e. The van der Waals surface area contributed by atoms with Gasteiger partial charge < -0.3 is 0 Å². The third kappa shape index (κ3) is 3.58. The third-order valence-electron chi connectivity index (χ3n) is 3.21. The third-order valence-corrected chi connectivity index (χ3v) is 5.19. The molecule has 1 aliphatic heterocycles. The fraction of sp³-hybridized carbons (Fsp3) is 1.00. The Kier molecular flexibility index (Phi) is 5.04. The van der Waals surface area contributed by atoms with E-state index in [4.69, 9.17) is 11.6 Å². The average molecular weight is 269 g/mol. The van der Waals surface area contributed by atoms with E-state index in [2.05, 4.69) is 4.72 Å². The molecule has 1 saturated heterocycles. The molecular formula is C10H21ClN2O2S. The lowest BCUT2D eigenvalue weighted by Gasteiger charge is -2.30.